The summed E-state index contributed by atoms with van der Waals surface area (Å²) in [7, 11) is 1.92. The number of aliphatic hydroxyl groups is 1. The van der Waals surface area contributed by atoms with Crippen molar-refractivity contribution in [2.24, 2.45) is 7.05 Å². The van der Waals surface area contributed by atoms with Gasteiger partial charge >= 0.3 is 6.03 Å². The third kappa shape index (κ3) is 3.97. The van der Waals surface area contributed by atoms with Crippen molar-refractivity contribution in [3.05, 3.63) is 71.7 Å². The largest absolute Gasteiger partial charge is 0.386 e. The summed E-state index contributed by atoms with van der Waals surface area (Å²) in [5.74, 6) is -0.314. The summed E-state index contributed by atoms with van der Waals surface area (Å²) >= 11 is 0. The highest BCUT2D eigenvalue weighted by Crippen LogP contribution is 2.25. The number of fused-ring (bicyclic) bond motifs is 1. The van der Waals surface area contributed by atoms with Crippen LogP contribution < -0.4 is 10.6 Å². The Morgan fingerprint density at radius 3 is 2.64 bits per heavy atom. The average molecular weight is 341 g/mol. The molecule has 0 fully saturated rings. The minimum atomic E-state index is -0.803. The number of para-hydroxylation sites is 1. The number of urea groups is 1. The van der Waals surface area contributed by atoms with Crippen molar-refractivity contribution in [2.45, 2.75) is 12.6 Å². The number of aromatic nitrogens is 1. The lowest BCUT2D eigenvalue weighted by Gasteiger charge is -2.12. The molecule has 0 aliphatic rings. The molecule has 0 unspecified atom stereocenters. The van der Waals surface area contributed by atoms with Gasteiger partial charge in [0.2, 0.25) is 0 Å². The summed E-state index contributed by atoms with van der Waals surface area (Å²) < 4.78 is 14.8. The molecule has 3 aromatic rings. The predicted octanol–water partition coefficient (Wildman–Crippen LogP) is 2.85. The summed E-state index contributed by atoms with van der Waals surface area (Å²) in [6.45, 7) is 0.389. The molecule has 2 amide bonds. The minimum Gasteiger partial charge on any atom is -0.386 e. The van der Waals surface area contributed by atoms with Gasteiger partial charge in [-0.05, 0) is 23.8 Å². The van der Waals surface area contributed by atoms with Gasteiger partial charge in [0.05, 0.1) is 6.10 Å². The van der Waals surface area contributed by atoms with E-state index >= 15 is 0 Å². The van der Waals surface area contributed by atoms with E-state index in [0.29, 0.717) is 0 Å². The fourth-order valence-corrected chi connectivity index (χ4v) is 2.78. The van der Waals surface area contributed by atoms with E-state index < -0.39 is 6.10 Å². The van der Waals surface area contributed by atoms with Gasteiger partial charge in [-0.1, -0.05) is 30.3 Å². The number of benzene rings is 2. The lowest BCUT2D eigenvalue weighted by atomic mass is 10.1. The maximum Gasteiger partial charge on any atom is 0.315 e. The van der Waals surface area contributed by atoms with E-state index in [1.165, 1.54) is 12.1 Å². The van der Waals surface area contributed by atoms with Crippen LogP contribution in [0.2, 0.25) is 0 Å². The highest BCUT2D eigenvalue weighted by atomic mass is 19.1. The van der Waals surface area contributed by atoms with E-state index in [-0.39, 0.29) is 24.9 Å². The molecule has 1 heterocycles. The first kappa shape index (κ1) is 17.0. The van der Waals surface area contributed by atoms with Crippen LogP contribution in [-0.4, -0.2) is 22.2 Å². The van der Waals surface area contributed by atoms with Crippen molar-refractivity contribution in [3.8, 4) is 0 Å². The van der Waals surface area contributed by atoms with Crippen molar-refractivity contribution in [1.29, 1.82) is 0 Å². The first-order valence-corrected chi connectivity index (χ1v) is 8.03. The Morgan fingerprint density at radius 2 is 1.88 bits per heavy atom. The molecule has 1 atom stereocenters. The molecular formula is C19H20FN3O2. The zero-order valence-corrected chi connectivity index (χ0v) is 13.9. The molecule has 0 radical (unpaired) electrons. The summed E-state index contributed by atoms with van der Waals surface area (Å²) in [6.07, 6.45) is 1.07. The molecule has 130 valence electrons. The molecule has 3 rings (SSSR count). The monoisotopic (exact) mass is 341 g/mol. The summed E-state index contributed by atoms with van der Waals surface area (Å²) in [5.41, 5.74) is 2.60. The lowest BCUT2D eigenvalue weighted by Crippen LogP contribution is -2.37. The fourth-order valence-electron chi connectivity index (χ4n) is 2.78. The van der Waals surface area contributed by atoms with Gasteiger partial charge in [-0.3, -0.25) is 0 Å². The number of halogens is 1. The van der Waals surface area contributed by atoms with Gasteiger partial charge in [-0.25, -0.2) is 9.18 Å². The summed E-state index contributed by atoms with van der Waals surface area (Å²) in [5, 5.41) is 16.7. The molecule has 0 aliphatic heterocycles. The van der Waals surface area contributed by atoms with Crippen LogP contribution in [0.15, 0.2) is 54.7 Å². The maximum absolute atomic E-state index is 12.8. The van der Waals surface area contributed by atoms with Crippen LogP contribution in [0.4, 0.5) is 9.18 Å². The van der Waals surface area contributed by atoms with Gasteiger partial charge in [0.25, 0.3) is 0 Å². The van der Waals surface area contributed by atoms with E-state index in [1.807, 2.05) is 42.1 Å². The number of rotatable bonds is 5. The zero-order chi connectivity index (χ0) is 17.8. The lowest BCUT2D eigenvalue weighted by molar-refractivity contribution is 0.174. The second-order valence-corrected chi connectivity index (χ2v) is 5.92. The molecule has 5 nitrogen and oxygen atoms in total. The highest BCUT2D eigenvalue weighted by molar-refractivity contribution is 5.84. The number of carbonyl (C=O) groups is 1. The topological polar surface area (TPSA) is 66.3 Å². The Morgan fingerprint density at radius 1 is 1.16 bits per heavy atom. The standard InChI is InChI=1S/C19H20FN3O2/c1-23-12-16(15-4-2-3-5-17(15)23)18(24)11-22-19(25)21-10-13-6-8-14(20)9-7-13/h2-9,12,18,24H,10-11H2,1H3,(H2,21,22,25)/t18-/m0/s1. The molecule has 1 aromatic heterocycles. The Labute approximate surface area is 145 Å². The van der Waals surface area contributed by atoms with Crippen LogP contribution in [0, 0.1) is 5.82 Å². The Bertz CT molecular complexity index is 874. The van der Waals surface area contributed by atoms with Crippen molar-refractivity contribution in [2.75, 3.05) is 6.54 Å². The zero-order valence-electron chi connectivity index (χ0n) is 13.9. The van der Waals surface area contributed by atoms with E-state index in [9.17, 15) is 14.3 Å². The maximum atomic E-state index is 12.8. The van der Waals surface area contributed by atoms with E-state index in [4.69, 9.17) is 0 Å². The van der Waals surface area contributed by atoms with Crippen LogP contribution in [0.1, 0.15) is 17.2 Å². The van der Waals surface area contributed by atoms with Gasteiger partial charge in [0.15, 0.2) is 0 Å². The number of amides is 2. The number of hydrogen-bond acceptors (Lipinski definition) is 2. The van der Waals surface area contributed by atoms with Crippen LogP contribution in [0.3, 0.4) is 0 Å². The minimum absolute atomic E-state index is 0.100. The van der Waals surface area contributed by atoms with Crippen LogP contribution >= 0.6 is 0 Å². The first-order chi connectivity index (χ1) is 12.0. The molecule has 3 N–H and O–H groups in total. The predicted molar refractivity (Wildman–Crippen MR) is 94.5 cm³/mol. The number of nitrogens with one attached hydrogen (secondary N) is 2. The highest BCUT2D eigenvalue weighted by Gasteiger charge is 2.15. The van der Waals surface area contributed by atoms with Gasteiger partial charge < -0.3 is 20.3 Å². The summed E-state index contributed by atoms with van der Waals surface area (Å²) in [6, 6.07) is 13.3. The Hall–Kier alpha value is -2.86. The van der Waals surface area contributed by atoms with Crippen LogP contribution in [0.5, 0.6) is 0 Å². The number of hydrogen-bond donors (Lipinski definition) is 3. The average Bonchev–Trinajstić information content (AvgIpc) is 2.96. The summed E-state index contributed by atoms with van der Waals surface area (Å²) in [4.78, 5) is 11.9. The molecule has 0 bridgehead atoms. The van der Waals surface area contributed by atoms with Gasteiger partial charge in [0.1, 0.15) is 5.82 Å². The molecule has 0 saturated heterocycles. The first-order valence-electron chi connectivity index (χ1n) is 8.03. The van der Waals surface area contributed by atoms with Crippen molar-refractivity contribution in [3.63, 3.8) is 0 Å². The van der Waals surface area contributed by atoms with Crippen LogP contribution in [0.25, 0.3) is 10.9 Å². The van der Waals surface area contributed by atoms with Crippen molar-refractivity contribution < 1.29 is 14.3 Å². The third-order valence-corrected chi connectivity index (χ3v) is 4.11. The molecular weight excluding hydrogens is 321 g/mol. The third-order valence-electron chi connectivity index (χ3n) is 4.11. The number of carbonyl (C=O) groups excluding carboxylic acids is 1. The van der Waals surface area contributed by atoms with Gasteiger partial charge in [-0.15, -0.1) is 0 Å². The number of nitrogens with zero attached hydrogens (tertiary/aromatic N) is 1. The second kappa shape index (κ2) is 7.36. The quantitative estimate of drug-likeness (QED) is 0.668. The van der Waals surface area contributed by atoms with E-state index in [1.54, 1.807) is 12.1 Å². The van der Waals surface area contributed by atoms with Gasteiger partial charge in [0, 0.05) is 42.8 Å². The molecule has 25 heavy (non-hydrogen) atoms. The molecule has 0 spiro atoms. The molecule has 2 aromatic carbocycles. The molecule has 0 saturated carbocycles. The smallest absolute Gasteiger partial charge is 0.315 e. The van der Waals surface area contributed by atoms with E-state index in [0.717, 1.165) is 22.0 Å². The fraction of sp³-hybridized carbons (Fsp3) is 0.211. The van der Waals surface area contributed by atoms with Crippen molar-refractivity contribution in [1.82, 2.24) is 15.2 Å². The Kier molecular flexibility index (Phi) is 5.00. The number of aliphatic hydroxyl groups excluding tert-OH is 1. The SMILES string of the molecule is Cn1cc([C@@H](O)CNC(=O)NCc2ccc(F)cc2)c2ccccc21. The number of aryl methyl sites for hydroxylation is 1. The second-order valence-electron chi connectivity index (χ2n) is 5.92. The molecule has 6 heteroatoms. The van der Waals surface area contributed by atoms with Gasteiger partial charge in [-0.2, -0.15) is 0 Å². The normalized spacial score (nSPS) is 12.1. The van der Waals surface area contributed by atoms with Crippen LogP contribution in [-0.2, 0) is 13.6 Å². The Balaban J connectivity index is 1.55. The molecule has 0 aliphatic carbocycles. The van der Waals surface area contributed by atoms with Crippen molar-refractivity contribution >= 4 is 16.9 Å². The van der Waals surface area contributed by atoms with E-state index in [2.05, 4.69) is 10.6 Å².